The van der Waals surface area contributed by atoms with Crippen molar-refractivity contribution < 1.29 is 4.79 Å². The molecule has 0 saturated carbocycles. The lowest BCUT2D eigenvalue weighted by Gasteiger charge is -2.38. The molecule has 27 heavy (non-hydrogen) atoms. The summed E-state index contributed by atoms with van der Waals surface area (Å²) in [7, 11) is 0. The van der Waals surface area contributed by atoms with Gasteiger partial charge in [0, 0.05) is 62.0 Å². The van der Waals surface area contributed by atoms with Crippen molar-refractivity contribution >= 4 is 5.91 Å². The zero-order valence-electron chi connectivity index (χ0n) is 16.6. The lowest BCUT2D eigenvalue weighted by atomic mass is 9.96. The molecule has 1 N–H and O–H groups in total. The van der Waals surface area contributed by atoms with E-state index in [2.05, 4.69) is 27.0 Å². The number of amides is 1. The molecule has 0 radical (unpaired) electrons. The molecule has 1 aromatic rings. The summed E-state index contributed by atoms with van der Waals surface area (Å²) < 4.78 is 0. The van der Waals surface area contributed by atoms with Crippen LogP contribution in [0.5, 0.6) is 0 Å². The summed E-state index contributed by atoms with van der Waals surface area (Å²) in [6.07, 6.45) is 10.0. The van der Waals surface area contributed by atoms with Crippen LogP contribution in [-0.2, 0) is 17.8 Å². The van der Waals surface area contributed by atoms with Gasteiger partial charge in [-0.2, -0.15) is 0 Å². The summed E-state index contributed by atoms with van der Waals surface area (Å²) in [4.78, 5) is 27.0. The minimum Gasteiger partial charge on any atom is -0.341 e. The highest BCUT2D eigenvalue weighted by Gasteiger charge is 2.30. The predicted octanol–water partition coefficient (Wildman–Crippen LogP) is 2.09. The van der Waals surface area contributed by atoms with Crippen LogP contribution in [0.4, 0.5) is 0 Å². The highest BCUT2D eigenvalue weighted by molar-refractivity contribution is 5.78. The second kappa shape index (κ2) is 8.65. The third-order valence-corrected chi connectivity index (χ3v) is 6.52. The fourth-order valence-electron chi connectivity index (χ4n) is 4.87. The van der Waals surface area contributed by atoms with Crippen molar-refractivity contribution in [2.75, 3.05) is 32.7 Å². The number of rotatable bonds is 4. The highest BCUT2D eigenvalue weighted by Crippen LogP contribution is 2.26. The van der Waals surface area contributed by atoms with Gasteiger partial charge >= 0.3 is 0 Å². The zero-order valence-corrected chi connectivity index (χ0v) is 16.6. The van der Waals surface area contributed by atoms with E-state index >= 15 is 0 Å². The Kier molecular flexibility index (Phi) is 6.03. The van der Waals surface area contributed by atoms with Crippen molar-refractivity contribution in [2.45, 2.75) is 70.4 Å². The van der Waals surface area contributed by atoms with E-state index in [0.717, 1.165) is 64.2 Å². The van der Waals surface area contributed by atoms with Gasteiger partial charge in [0.2, 0.25) is 5.91 Å². The maximum Gasteiger partial charge on any atom is 0.236 e. The summed E-state index contributed by atoms with van der Waals surface area (Å²) in [6, 6.07) is 0.584. The Balaban J connectivity index is 1.39. The van der Waals surface area contributed by atoms with Gasteiger partial charge in [-0.1, -0.05) is 13.3 Å². The van der Waals surface area contributed by atoms with Gasteiger partial charge in [-0.05, 0) is 38.6 Å². The molecule has 2 saturated heterocycles. The summed E-state index contributed by atoms with van der Waals surface area (Å²) in [5, 5.41) is 3.37. The summed E-state index contributed by atoms with van der Waals surface area (Å²) >= 11 is 0. The zero-order chi connectivity index (χ0) is 18.6. The molecule has 0 aromatic carbocycles. The summed E-state index contributed by atoms with van der Waals surface area (Å²) in [6.45, 7) is 7.43. The van der Waals surface area contributed by atoms with Crippen molar-refractivity contribution in [1.29, 1.82) is 0 Å². The van der Waals surface area contributed by atoms with Crippen LogP contribution in [0.2, 0.25) is 0 Å². The van der Waals surface area contributed by atoms with Gasteiger partial charge in [0.25, 0.3) is 0 Å². The van der Waals surface area contributed by atoms with E-state index in [-0.39, 0.29) is 5.92 Å². The molecule has 4 rings (SSSR count). The number of likely N-dealkylation sites (tertiary alicyclic amines) is 2. The van der Waals surface area contributed by atoms with Crippen molar-refractivity contribution in [1.82, 2.24) is 25.1 Å². The van der Waals surface area contributed by atoms with E-state index in [9.17, 15) is 4.79 Å². The fraction of sp³-hybridized carbons (Fsp3) is 0.762. The molecule has 2 fully saturated rings. The number of hydrogen-bond donors (Lipinski definition) is 1. The molecule has 148 valence electrons. The molecular weight excluding hydrogens is 338 g/mol. The standard InChI is InChI=1S/C21H33N5O/c1-2-18-7-3-4-10-25(18)15-20(27)26-11-5-6-16(14-26)21-23-13-17-12-22-9-8-19(17)24-21/h13,16,18,22H,2-12,14-15H2,1H3/t16-,18-/m1/s1. The first kappa shape index (κ1) is 18.8. The van der Waals surface area contributed by atoms with Crippen LogP contribution in [0, 0.1) is 0 Å². The SMILES string of the molecule is CC[C@@H]1CCCCN1CC(=O)N1CCC[C@@H](c2ncc3c(n2)CCNC3)C1. The van der Waals surface area contributed by atoms with Crippen molar-refractivity contribution in [3.8, 4) is 0 Å². The number of carbonyl (C=O) groups is 1. The smallest absolute Gasteiger partial charge is 0.236 e. The summed E-state index contributed by atoms with van der Waals surface area (Å²) in [5.74, 6) is 1.52. The molecule has 6 heteroatoms. The van der Waals surface area contributed by atoms with E-state index in [1.54, 1.807) is 0 Å². The van der Waals surface area contributed by atoms with E-state index < -0.39 is 0 Å². The Morgan fingerprint density at radius 3 is 3.07 bits per heavy atom. The van der Waals surface area contributed by atoms with Gasteiger partial charge < -0.3 is 10.2 Å². The van der Waals surface area contributed by atoms with Crippen molar-refractivity contribution in [3.05, 3.63) is 23.3 Å². The Morgan fingerprint density at radius 2 is 2.19 bits per heavy atom. The molecule has 0 spiro atoms. The van der Waals surface area contributed by atoms with Gasteiger partial charge in [-0.3, -0.25) is 9.69 Å². The first-order chi connectivity index (χ1) is 13.2. The van der Waals surface area contributed by atoms with E-state index in [1.165, 1.54) is 30.5 Å². The number of piperidine rings is 2. The number of carbonyl (C=O) groups excluding carboxylic acids is 1. The fourth-order valence-corrected chi connectivity index (χ4v) is 4.87. The van der Waals surface area contributed by atoms with Crippen LogP contribution < -0.4 is 5.32 Å². The van der Waals surface area contributed by atoms with E-state index in [1.807, 2.05) is 6.20 Å². The molecule has 0 aliphatic carbocycles. The number of aromatic nitrogens is 2. The first-order valence-electron chi connectivity index (χ1n) is 10.8. The lowest BCUT2D eigenvalue weighted by Crippen LogP contribution is -2.48. The number of fused-ring (bicyclic) bond motifs is 1. The molecule has 1 amide bonds. The van der Waals surface area contributed by atoms with E-state index in [4.69, 9.17) is 4.98 Å². The van der Waals surface area contributed by atoms with Gasteiger partial charge in [0.1, 0.15) is 5.82 Å². The topological polar surface area (TPSA) is 61.4 Å². The van der Waals surface area contributed by atoms with Crippen LogP contribution in [-0.4, -0.2) is 64.4 Å². The second-order valence-corrected chi connectivity index (χ2v) is 8.33. The molecule has 0 unspecified atom stereocenters. The molecular formula is C21H33N5O. The molecule has 2 atom stereocenters. The van der Waals surface area contributed by atoms with Crippen LogP contribution in [0.15, 0.2) is 6.20 Å². The molecule has 1 aromatic heterocycles. The van der Waals surface area contributed by atoms with Crippen LogP contribution in [0.1, 0.15) is 68.4 Å². The highest BCUT2D eigenvalue weighted by atomic mass is 16.2. The quantitative estimate of drug-likeness (QED) is 0.878. The molecule has 3 aliphatic heterocycles. The third-order valence-electron chi connectivity index (χ3n) is 6.52. The normalized spacial score (nSPS) is 26.6. The van der Waals surface area contributed by atoms with Gasteiger partial charge in [0.05, 0.1) is 6.54 Å². The first-order valence-corrected chi connectivity index (χ1v) is 10.8. The van der Waals surface area contributed by atoms with Crippen LogP contribution in [0.25, 0.3) is 0 Å². The molecule has 4 heterocycles. The minimum atomic E-state index is 0.284. The molecule has 6 nitrogen and oxygen atoms in total. The Bertz CT molecular complexity index is 664. The molecule has 3 aliphatic rings. The van der Waals surface area contributed by atoms with Gasteiger partial charge in [-0.15, -0.1) is 0 Å². The third kappa shape index (κ3) is 4.32. The maximum absolute atomic E-state index is 13.0. The largest absolute Gasteiger partial charge is 0.341 e. The van der Waals surface area contributed by atoms with Crippen molar-refractivity contribution in [2.24, 2.45) is 0 Å². The number of nitrogens with zero attached hydrogens (tertiary/aromatic N) is 4. The van der Waals surface area contributed by atoms with Gasteiger partial charge in [-0.25, -0.2) is 9.97 Å². The molecule has 0 bridgehead atoms. The Labute approximate surface area is 162 Å². The summed E-state index contributed by atoms with van der Waals surface area (Å²) in [5.41, 5.74) is 2.42. The van der Waals surface area contributed by atoms with Crippen LogP contribution in [0.3, 0.4) is 0 Å². The van der Waals surface area contributed by atoms with Crippen LogP contribution >= 0.6 is 0 Å². The average molecular weight is 372 g/mol. The van der Waals surface area contributed by atoms with Gasteiger partial charge in [0.15, 0.2) is 0 Å². The lowest BCUT2D eigenvalue weighted by molar-refractivity contribution is -0.134. The number of nitrogens with one attached hydrogen (secondary N) is 1. The Hall–Kier alpha value is -1.53. The maximum atomic E-state index is 13.0. The van der Waals surface area contributed by atoms with E-state index in [0.29, 0.717) is 18.5 Å². The minimum absolute atomic E-state index is 0.284. The monoisotopic (exact) mass is 371 g/mol. The average Bonchev–Trinajstić information content (AvgIpc) is 2.74. The predicted molar refractivity (Wildman–Crippen MR) is 106 cm³/mol. The van der Waals surface area contributed by atoms with Crippen molar-refractivity contribution in [3.63, 3.8) is 0 Å². The number of hydrogen-bond acceptors (Lipinski definition) is 5. The second-order valence-electron chi connectivity index (χ2n) is 8.33. The Morgan fingerprint density at radius 1 is 1.26 bits per heavy atom.